The molecule has 0 aliphatic carbocycles. The van der Waals surface area contributed by atoms with Gasteiger partial charge in [-0.2, -0.15) is 0 Å². The zero-order valence-electron chi connectivity index (χ0n) is 14.3. The first kappa shape index (κ1) is 17.9. The number of hydrogen-bond donors (Lipinski definition) is 2. The minimum Gasteiger partial charge on any atom is -0.364 e. The minimum atomic E-state index is -0.550. The number of hydrogen-bond acceptors (Lipinski definition) is 5. The van der Waals surface area contributed by atoms with E-state index in [0.717, 1.165) is 42.9 Å². The van der Waals surface area contributed by atoms with E-state index in [-0.39, 0.29) is 5.69 Å². The van der Waals surface area contributed by atoms with Crippen LogP contribution in [0.3, 0.4) is 0 Å². The van der Waals surface area contributed by atoms with Gasteiger partial charge in [0.15, 0.2) is 5.82 Å². The summed E-state index contributed by atoms with van der Waals surface area (Å²) in [4.78, 5) is 22.8. The van der Waals surface area contributed by atoms with Gasteiger partial charge in [-0.25, -0.2) is 9.97 Å². The minimum absolute atomic E-state index is 0.232. The predicted octanol–water partition coefficient (Wildman–Crippen LogP) is 2.33. The largest absolute Gasteiger partial charge is 0.364 e. The number of carbonyl (C=O) groups is 1. The van der Waals surface area contributed by atoms with Gasteiger partial charge in [-0.1, -0.05) is 38.1 Å². The summed E-state index contributed by atoms with van der Waals surface area (Å²) >= 11 is 0. The Hall–Kier alpha value is -2.47. The van der Waals surface area contributed by atoms with Crippen molar-refractivity contribution in [2.45, 2.75) is 33.2 Å². The number of nitrogens with zero attached hydrogens (tertiary/aromatic N) is 3. The van der Waals surface area contributed by atoms with Crippen molar-refractivity contribution in [2.24, 2.45) is 11.5 Å². The normalized spacial score (nSPS) is 10.6. The molecule has 0 saturated heterocycles. The molecule has 24 heavy (non-hydrogen) atoms. The Morgan fingerprint density at radius 3 is 2.21 bits per heavy atom. The van der Waals surface area contributed by atoms with Crippen LogP contribution in [0.2, 0.25) is 0 Å². The summed E-state index contributed by atoms with van der Waals surface area (Å²) in [7, 11) is 0. The van der Waals surface area contributed by atoms with Crippen LogP contribution < -0.4 is 16.4 Å². The van der Waals surface area contributed by atoms with Gasteiger partial charge in [0.1, 0.15) is 11.5 Å². The van der Waals surface area contributed by atoms with E-state index in [0.29, 0.717) is 12.4 Å². The second kappa shape index (κ2) is 8.40. The Morgan fingerprint density at radius 2 is 1.71 bits per heavy atom. The van der Waals surface area contributed by atoms with Crippen LogP contribution in [0.15, 0.2) is 30.3 Å². The number of aromatic nitrogens is 2. The molecule has 0 spiro atoms. The van der Waals surface area contributed by atoms with Crippen molar-refractivity contribution in [3.63, 3.8) is 0 Å². The lowest BCUT2D eigenvalue weighted by Crippen LogP contribution is -2.27. The summed E-state index contributed by atoms with van der Waals surface area (Å²) in [6.07, 6.45) is 1.99. The Bertz CT molecular complexity index is 678. The fourth-order valence-electron chi connectivity index (χ4n) is 2.52. The molecule has 1 amide bonds. The van der Waals surface area contributed by atoms with Gasteiger partial charge in [0, 0.05) is 31.3 Å². The molecule has 0 bridgehead atoms. The van der Waals surface area contributed by atoms with Crippen LogP contribution in [-0.2, 0) is 6.54 Å². The van der Waals surface area contributed by atoms with Crippen molar-refractivity contribution >= 4 is 11.7 Å². The van der Waals surface area contributed by atoms with Crippen molar-refractivity contribution in [3.8, 4) is 11.4 Å². The number of amides is 1. The summed E-state index contributed by atoms with van der Waals surface area (Å²) in [5, 5.41) is 0. The highest BCUT2D eigenvalue weighted by atomic mass is 16.1. The molecule has 4 N–H and O–H groups in total. The molecule has 2 aromatic rings. The summed E-state index contributed by atoms with van der Waals surface area (Å²) < 4.78 is 0. The number of carbonyl (C=O) groups excluding carboxylic acids is 1. The van der Waals surface area contributed by atoms with Crippen LogP contribution in [0, 0.1) is 0 Å². The monoisotopic (exact) mass is 327 g/mol. The van der Waals surface area contributed by atoms with Crippen LogP contribution in [0.1, 0.15) is 42.7 Å². The van der Waals surface area contributed by atoms with Crippen molar-refractivity contribution in [2.75, 3.05) is 18.0 Å². The smallest absolute Gasteiger partial charge is 0.267 e. The lowest BCUT2D eigenvalue weighted by Gasteiger charge is -2.23. The van der Waals surface area contributed by atoms with Crippen LogP contribution in [0.5, 0.6) is 0 Å². The van der Waals surface area contributed by atoms with Gasteiger partial charge in [0.2, 0.25) is 0 Å². The molecule has 6 heteroatoms. The molecule has 0 saturated carbocycles. The molecule has 0 atom stereocenters. The fourth-order valence-corrected chi connectivity index (χ4v) is 2.52. The summed E-state index contributed by atoms with van der Waals surface area (Å²) in [6.45, 7) is 6.45. The molecule has 0 aliphatic rings. The average Bonchev–Trinajstić information content (AvgIpc) is 2.61. The maximum Gasteiger partial charge on any atom is 0.267 e. The van der Waals surface area contributed by atoms with Crippen molar-refractivity contribution in [3.05, 3.63) is 41.6 Å². The average molecular weight is 327 g/mol. The second-order valence-corrected chi connectivity index (χ2v) is 5.69. The first-order valence-corrected chi connectivity index (χ1v) is 8.32. The zero-order chi connectivity index (χ0) is 17.5. The lowest BCUT2D eigenvalue weighted by atomic mass is 10.1. The Kier molecular flexibility index (Phi) is 6.26. The molecule has 0 fully saturated rings. The SMILES string of the molecule is CCCN(CCC)c1cc(C(N)=O)nc(-c2ccc(CN)cc2)n1. The van der Waals surface area contributed by atoms with Crippen LogP contribution >= 0.6 is 0 Å². The summed E-state index contributed by atoms with van der Waals surface area (Å²) in [5.74, 6) is 0.689. The highest BCUT2D eigenvalue weighted by Gasteiger charge is 2.14. The van der Waals surface area contributed by atoms with E-state index < -0.39 is 5.91 Å². The topological polar surface area (TPSA) is 98.1 Å². The molecule has 6 nitrogen and oxygen atoms in total. The number of anilines is 1. The molecule has 0 aliphatic heterocycles. The van der Waals surface area contributed by atoms with Gasteiger partial charge in [-0.3, -0.25) is 4.79 Å². The first-order valence-electron chi connectivity index (χ1n) is 8.32. The molecule has 128 valence electrons. The van der Waals surface area contributed by atoms with Crippen LogP contribution in [0.25, 0.3) is 11.4 Å². The van der Waals surface area contributed by atoms with Gasteiger partial charge >= 0.3 is 0 Å². The van der Waals surface area contributed by atoms with Crippen molar-refractivity contribution in [1.82, 2.24) is 9.97 Å². The van der Waals surface area contributed by atoms with E-state index in [2.05, 4.69) is 28.7 Å². The van der Waals surface area contributed by atoms with E-state index in [4.69, 9.17) is 11.5 Å². The number of primary amides is 1. The van der Waals surface area contributed by atoms with Gasteiger partial charge in [0.25, 0.3) is 5.91 Å². The molecule has 1 heterocycles. The van der Waals surface area contributed by atoms with Crippen molar-refractivity contribution in [1.29, 1.82) is 0 Å². The highest BCUT2D eigenvalue weighted by molar-refractivity contribution is 5.92. The lowest BCUT2D eigenvalue weighted by molar-refractivity contribution is 0.0995. The van der Waals surface area contributed by atoms with Gasteiger partial charge in [-0.15, -0.1) is 0 Å². The van der Waals surface area contributed by atoms with Crippen molar-refractivity contribution < 1.29 is 4.79 Å². The van der Waals surface area contributed by atoms with Gasteiger partial charge in [-0.05, 0) is 18.4 Å². The molecular formula is C18H25N5O. The number of benzene rings is 1. The highest BCUT2D eigenvalue weighted by Crippen LogP contribution is 2.21. The predicted molar refractivity (Wildman–Crippen MR) is 96.7 cm³/mol. The summed E-state index contributed by atoms with van der Waals surface area (Å²) in [6, 6.07) is 9.37. The van der Waals surface area contributed by atoms with Crippen LogP contribution in [0.4, 0.5) is 5.82 Å². The molecule has 0 unspecified atom stereocenters. The quantitative estimate of drug-likeness (QED) is 0.775. The zero-order valence-corrected chi connectivity index (χ0v) is 14.3. The van der Waals surface area contributed by atoms with Gasteiger partial charge < -0.3 is 16.4 Å². The maximum absolute atomic E-state index is 11.7. The maximum atomic E-state index is 11.7. The fraction of sp³-hybridized carbons (Fsp3) is 0.389. The second-order valence-electron chi connectivity index (χ2n) is 5.69. The number of nitrogens with two attached hydrogens (primary N) is 2. The molecular weight excluding hydrogens is 302 g/mol. The third-order valence-electron chi connectivity index (χ3n) is 3.72. The molecule has 2 rings (SSSR count). The van der Waals surface area contributed by atoms with E-state index >= 15 is 0 Å². The van der Waals surface area contributed by atoms with E-state index in [1.807, 2.05) is 24.3 Å². The Morgan fingerprint density at radius 1 is 1.08 bits per heavy atom. The van der Waals surface area contributed by atoms with E-state index in [9.17, 15) is 4.79 Å². The Labute approximate surface area is 142 Å². The van der Waals surface area contributed by atoms with E-state index in [1.54, 1.807) is 6.07 Å². The molecule has 1 aromatic heterocycles. The standard InChI is InChI=1S/C18H25N5O/c1-3-9-23(10-4-2)16-11-15(17(20)24)21-18(22-16)14-7-5-13(12-19)6-8-14/h5-8,11H,3-4,9-10,12,19H2,1-2H3,(H2,20,24). The summed E-state index contributed by atoms with van der Waals surface area (Å²) in [5.41, 5.74) is 13.2. The Balaban J connectivity index is 2.48. The number of rotatable bonds is 8. The van der Waals surface area contributed by atoms with E-state index in [1.165, 1.54) is 0 Å². The van der Waals surface area contributed by atoms with Crippen LogP contribution in [-0.4, -0.2) is 29.0 Å². The first-order chi connectivity index (χ1) is 11.6. The molecule has 0 radical (unpaired) electrons. The molecule has 1 aromatic carbocycles. The van der Waals surface area contributed by atoms with Gasteiger partial charge in [0.05, 0.1) is 0 Å². The third-order valence-corrected chi connectivity index (χ3v) is 3.72. The third kappa shape index (κ3) is 4.29.